The van der Waals surface area contributed by atoms with E-state index >= 15 is 0 Å². The van der Waals surface area contributed by atoms with Crippen LogP contribution in [0.4, 0.5) is 0 Å². The monoisotopic (exact) mass is 236 g/mol. The molecule has 0 aromatic carbocycles. The fourth-order valence-electron chi connectivity index (χ4n) is 1.75. The smallest absolute Gasteiger partial charge is 0.0522 e. The molecule has 0 aliphatic carbocycles. The van der Waals surface area contributed by atoms with Crippen LogP contribution in [-0.2, 0) is 19.9 Å². The van der Waals surface area contributed by atoms with Crippen molar-refractivity contribution in [2.75, 3.05) is 0 Å². The van der Waals surface area contributed by atoms with Gasteiger partial charge in [-0.1, -0.05) is 0 Å². The first-order valence-electron chi connectivity index (χ1n) is 5.22. The number of hydrazine groups is 1. The number of hydrogen-bond acceptors (Lipinski definition) is 4. The maximum atomic E-state index is 5.57. The minimum Gasteiger partial charge on any atom is -0.276 e. The van der Waals surface area contributed by atoms with Gasteiger partial charge in [0.25, 0.3) is 0 Å². The van der Waals surface area contributed by atoms with Gasteiger partial charge in [0.05, 0.1) is 6.20 Å². The maximum Gasteiger partial charge on any atom is 0.0522 e. The highest BCUT2D eigenvalue weighted by molar-refractivity contribution is 7.07. The molecule has 0 fully saturated rings. The second-order valence-electron chi connectivity index (χ2n) is 3.93. The zero-order chi connectivity index (χ0) is 11.4. The Morgan fingerprint density at radius 3 is 2.88 bits per heavy atom. The average Bonchev–Trinajstić information content (AvgIpc) is 2.89. The molecule has 3 N–H and O–H groups in total. The molecular weight excluding hydrogens is 220 g/mol. The molecule has 16 heavy (non-hydrogen) atoms. The van der Waals surface area contributed by atoms with Crippen LogP contribution in [0.5, 0.6) is 0 Å². The highest BCUT2D eigenvalue weighted by Crippen LogP contribution is 2.11. The lowest BCUT2D eigenvalue weighted by molar-refractivity contribution is 0.523. The molecule has 1 atom stereocenters. The lowest BCUT2D eigenvalue weighted by atomic mass is 10.0. The minimum absolute atomic E-state index is 0.263. The van der Waals surface area contributed by atoms with Gasteiger partial charge in [-0.15, -0.1) is 0 Å². The Labute approximate surface area is 99.1 Å². The van der Waals surface area contributed by atoms with Crippen LogP contribution in [0, 0.1) is 0 Å². The first kappa shape index (κ1) is 11.3. The third kappa shape index (κ3) is 2.91. The Balaban J connectivity index is 1.95. The van der Waals surface area contributed by atoms with E-state index in [-0.39, 0.29) is 6.04 Å². The molecule has 0 aliphatic heterocycles. The summed E-state index contributed by atoms with van der Waals surface area (Å²) in [7, 11) is 1.92. The number of nitrogens with zero attached hydrogens (tertiary/aromatic N) is 2. The molecule has 86 valence electrons. The van der Waals surface area contributed by atoms with E-state index in [9.17, 15) is 0 Å². The predicted octanol–water partition coefficient (Wildman–Crippen LogP) is 1.10. The van der Waals surface area contributed by atoms with E-state index in [2.05, 4.69) is 27.4 Å². The summed E-state index contributed by atoms with van der Waals surface area (Å²) in [5.74, 6) is 5.57. The third-order valence-electron chi connectivity index (χ3n) is 2.54. The summed E-state index contributed by atoms with van der Waals surface area (Å²) in [5, 5.41) is 8.40. The Kier molecular flexibility index (Phi) is 3.71. The van der Waals surface area contributed by atoms with Crippen molar-refractivity contribution in [1.82, 2.24) is 15.2 Å². The number of nitrogens with two attached hydrogens (primary N) is 1. The average molecular weight is 236 g/mol. The molecule has 0 spiro atoms. The van der Waals surface area contributed by atoms with E-state index in [0.29, 0.717) is 0 Å². The van der Waals surface area contributed by atoms with Crippen LogP contribution in [-0.4, -0.2) is 15.8 Å². The van der Waals surface area contributed by atoms with Gasteiger partial charge in [0, 0.05) is 19.3 Å². The van der Waals surface area contributed by atoms with E-state index in [4.69, 9.17) is 5.84 Å². The molecule has 5 heteroatoms. The normalized spacial score (nSPS) is 12.9. The van der Waals surface area contributed by atoms with Gasteiger partial charge in [0.15, 0.2) is 0 Å². The second kappa shape index (κ2) is 5.25. The molecule has 4 nitrogen and oxygen atoms in total. The van der Waals surface area contributed by atoms with Crippen LogP contribution < -0.4 is 11.3 Å². The Hall–Kier alpha value is -1.17. The molecule has 0 amide bonds. The molecule has 0 aliphatic rings. The molecule has 2 aromatic rings. The highest BCUT2D eigenvalue weighted by atomic mass is 32.1. The van der Waals surface area contributed by atoms with Gasteiger partial charge in [-0.2, -0.15) is 16.4 Å². The summed E-state index contributed by atoms with van der Waals surface area (Å²) in [4.78, 5) is 0. The number of aromatic nitrogens is 2. The van der Waals surface area contributed by atoms with Gasteiger partial charge >= 0.3 is 0 Å². The molecule has 2 rings (SSSR count). The van der Waals surface area contributed by atoms with Gasteiger partial charge in [-0.3, -0.25) is 16.0 Å². The molecule has 2 aromatic heterocycles. The fourth-order valence-corrected chi connectivity index (χ4v) is 2.43. The quantitative estimate of drug-likeness (QED) is 0.604. The number of thiophene rings is 1. The van der Waals surface area contributed by atoms with Crippen LogP contribution in [0.25, 0.3) is 0 Å². The molecule has 0 bridgehead atoms. The van der Waals surface area contributed by atoms with Gasteiger partial charge in [-0.05, 0) is 40.8 Å². The van der Waals surface area contributed by atoms with E-state index in [1.807, 2.05) is 24.1 Å². The van der Waals surface area contributed by atoms with Gasteiger partial charge in [-0.25, -0.2) is 0 Å². The Morgan fingerprint density at radius 1 is 1.50 bits per heavy atom. The summed E-state index contributed by atoms with van der Waals surface area (Å²) in [5.41, 5.74) is 5.41. The van der Waals surface area contributed by atoms with Crippen molar-refractivity contribution in [3.05, 3.63) is 40.3 Å². The minimum atomic E-state index is 0.263. The van der Waals surface area contributed by atoms with Crippen LogP contribution in [0.1, 0.15) is 11.1 Å². The number of rotatable bonds is 5. The van der Waals surface area contributed by atoms with Crippen molar-refractivity contribution in [2.24, 2.45) is 12.9 Å². The van der Waals surface area contributed by atoms with Crippen LogP contribution >= 0.6 is 11.3 Å². The largest absolute Gasteiger partial charge is 0.276 e. The number of aryl methyl sites for hydroxylation is 1. The summed E-state index contributed by atoms with van der Waals surface area (Å²) in [6, 6.07) is 2.40. The van der Waals surface area contributed by atoms with Crippen molar-refractivity contribution >= 4 is 11.3 Å². The van der Waals surface area contributed by atoms with Crippen molar-refractivity contribution < 1.29 is 0 Å². The molecule has 1 unspecified atom stereocenters. The van der Waals surface area contributed by atoms with E-state index in [1.165, 1.54) is 11.1 Å². The van der Waals surface area contributed by atoms with Crippen molar-refractivity contribution in [3.63, 3.8) is 0 Å². The standard InChI is InChI=1S/C11H16N4S/c1-15-7-10(6-13-15)5-11(14-12)4-9-2-3-16-8-9/h2-3,6-8,11,14H,4-5,12H2,1H3. The molecule has 2 heterocycles. The number of nitrogens with one attached hydrogen (secondary N) is 1. The molecule has 0 saturated heterocycles. The third-order valence-corrected chi connectivity index (χ3v) is 3.27. The maximum absolute atomic E-state index is 5.57. The zero-order valence-electron chi connectivity index (χ0n) is 9.26. The molecule has 0 saturated carbocycles. The topological polar surface area (TPSA) is 55.9 Å². The van der Waals surface area contributed by atoms with Gasteiger partial charge in [0.1, 0.15) is 0 Å². The summed E-state index contributed by atoms with van der Waals surface area (Å²) in [6.45, 7) is 0. The zero-order valence-corrected chi connectivity index (χ0v) is 10.1. The van der Waals surface area contributed by atoms with E-state index in [0.717, 1.165) is 12.8 Å². The summed E-state index contributed by atoms with van der Waals surface area (Å²) in [6.07, 6.45) is 5.77. The van der Waals surface area contributed by atoms with Crippen LogP contribution in [0.2, 0.25) is 0 Å². The summed E-state index contributed by atoms with van der Waals surface area (Å²) >= 11 is 1.72. The van der Waals surface area contributed by atoms with Crippen LogP contribution in [0.15, 0.2) is 29.2 Å². The van der Waals surface area contributed by atoms with Crippen molar-refractivity contribution in [3.8, 4) is 0 Å². The lowest BCUT2D eigenvalue weighted by Gasteiger charge is -2.13. The predicted molar refractivity (Wildman–Crippen MR) is 66.0 cm³/mol. The fraction of sp³-hybridized carbons (Fsp3) is 0.364. The molecule has 0 radical (unpaired) electrons. The SMILES string of the molecule is Cn1cc(CC(Cc2ccsc2)NN)cn1. The first-order valence-corrected chi connectivity index (χ1v) is 6.17. The van der Waals surface area contributed by atoms with Crippen molar-refractivity contribution in [2.45, 2.75) is 18.9 Å². The first-order chi connectivity index (χ1) is 7.78. The van der Waals surface area contributed by atoms with Gasteiger partial charge in [0.2, 0.25) is 0 Å². The summed E-state index contributed by atoms with van der Waals surface area (Å²) < 4.78 is 1.81. The van der Waals surface area contributed by atoms with Crippen molar-refractivity contribution in [1.29, 1.82) is 0 Å². The highest BCUT2D eigenvalue weighted by Gasteiger charge is 2.10. The Morgan fingerprint density at radius 2 is 2.31 bits per heavy atom. The second-order valence-corrected chi connectivity index (χ2v) is 4.71. The van der Waals surface area contributed by atoms with Crippen LogP contribution in [0.3, 0.4) is 0 Å². The number of hydrogen-bond donors (Lipinski definition) is 2. The van der Waals surface area contributed by atoms with E-state index in [1.54, 1.807) is 11.3 Å². The Bertz CT molecular complexity index is 421. The molecular formula is C11H16N4S. The lowest BCUT2D eigenvalue weighted by Crippen LogP contribution is -2.38. The van der Waals surface area contributed by atoms with Gasteiger partial charge < -0.3 is 0 Å². The van der Waals surface area contributed by atoms with E-state index < -0.39 is 0 Å².